The van der Waals surface area contributed by atoms with Crippen LogP contribution in [0.25, 0.3) is 10.9 Å². The number of methoxy groups -OCH3 is 1. The molecule has 1 aromatic carbocycles. The second kappa shape index (κ2) is 6.29. The largest absolute Gasteiger partial charge is 0.494 e. The summed E-state index contributed by atoms with van der Waals surface area (Å²) in [5.74, 6) is 0.213. The molecule has 1 fully saturated rings. The second-order valence-electron chi connectivity index (χ2n) is 6.50. The molecule has 1 N–H and O–H groups in total. The molecule has 1 amide bonds. The predicted molar refractivity (Wildman–Crippen MR) is 100.0 cm³/mol. The topological polar surface area (TPSA) is 73.2 Å². The lowest BCUT2D eigenvalue weighted by atomic mass is 10.1. The lowest BCUT2D eigenvalue weighted by Crippen LogP contribution is -2.23. The molecule has 2 aromatic heterocycles. The Morgan fingerprint density at radius 2 is 2.12 bits per heavy atom. The zero-order valence-electron chi connectivity index (χ0n) is 14.7. The third kappa shape index (κ3) is 2.83. The molecule has 6 heteroatoms. The number of aryl methyl sites for hydroxylation is 1. The molecule has 0 bridgehead atoms. The summed E-state index contributed by atoms with van der Waals surface area (Å²) in [7, 11) is 1.58. The lowest BCUT2D eigenvalue weighted by Gasteiger charge is -2.13. The van der Waals surface area contributed by atoms with Gasteiger partial charge in [-0.05, 0) is 44.0 Å². The highest BCUT2D eigenvalue weighted by atomic mass is 16.5. The molecule has 0 aliphatic heterocycles. The minimum Gasteiger partial charge on any atom is -0.494 e. The van der Waals surface area contributed by atoms with Crippen LogP contribution in [-0.4, -0.2) is 22.6 Å². The SMILES string of the molecule is COc1ccc(NC(=O)c2cn(C3CC3)c(C)cc2=O)c2cccnc12. The van der Waals surface area contributed by atoms with E-state index in [0.717, 1.165) is 23.9 Å². The fraction of sp³-hybridized carbons (Fsp3) is 0.250. The lowest BCUT2D eigenvalue weighted by molar-refractivity contribution is 0.102. The molecule has 2 heterocycles. The van der Waals surface area contributed by atoms with Crippen molar-refractivity contribution < 1.29 is 9.53 Å². The molecule has 4 rings (SSSR count). The highest BCUT2D eigenvalue weighted by molar-refractivity contribution is 6.09. The van der Waals surface area contributed by atoms with E-state index in [9.17, 15) is 9.59 Å². The number of nitrogens with zero attached hydrogens (tertiary/aromatic N) is 2. The Morgan fingerprint density at radius 3 is 2.85 bits per heavy atom. The minimum atomic E-state index is -0.417. The van der Waals surface area contributed by atoms with E-state index in [2.05, 4.69) is 10.3 Å². The molecule has 132 valence electrons. The first-order valence-electron chi connectivity index (χ1n) is 8.54. The van der Waals surface area contributed by atoms with Crippen LogP contribution < -0.4 is 15.5 Å². The van der Waals surface area contributed by atoms with Crippen molar-refractivity contribution in [1.82, 2.24) is 9.55 Å². The summed E-state index contributed by atoms with van der Waals surface area (Å²) in [6, 6.07) is 9.09. The van der Waals surface area contributed by atoms with E-state index in [-0.39, 0.29) is 11.0 Å². The molecule has 0 unspecified atom stereocenters. The van der Waals surface area contributed by atoms with Gasteiger partial charge in [0.1, 0.15) is 16.8 Å². The molecule has 6 nitrogen and oxygen atoms in total. The van der Waals surface area contributed by atoms with Crippen LogP contribution >= 0.6 is 0 Å². The number of amides is 1. The fourth-order valence-corrected chi connectivity index (χ4v) is 3.17. The van der Waals surface area contributed by atoms with E-state index in [1.807, 2.05) is 17.6 Å². The molecule has 3 aromatic rings. The Labute approximate surface area is 150 Å². The monoisotopic (exact) mass is 349 g/mol. The Hall–Kier alpha value is -3.15. The van der Waals surface area contributed by atoms with Gasteiger partial charge in [-0.1, -0.05) is 0 Å². The number of benzene rings is 1. The summed E-state index contributed by atoms with van der Waals surface area (Å²) in [5, 5.41) is 3.61. The smallest absolute Gasteiger partial charge is 0.261 e. The fourth-order valence-electron chi connectivity index (χ4n) is 3.17. The zero-order chi connectivity index (χ0) is 18.3. The standard InChI is InChI=1S/C20H19N3O3/c1-12-10-17(24)15(11-23(12)13-5-6-13)20(25)22-16-7-8-18(26-2)19-14(16)4-3-9-21-19/h3-4,7-11,13H,5-6H2,1-2H3,(H,22,25). The van der Waals surface area contributed by atoms with Crippen molar-refractivity contribution in [2.45, 2.75) is 25.8 Å². The Bertz CT molecular complexity index is 1070. The zero-order valence-corrected chi connectivity index (χ0v) is 14.7. The number of fused-ring (bicyclic) bond motifs is 1. The van der Waals surface area contributed by atoms with Gasteiger partial charge in [0.25, 0.3) is 5.91 Å². The molecule has 0 spiro atoms. The number of hydrogen-bond acceptors (Lipinski definition) is 4. The maximum Gasteiger partial charge on any atom is 0.261 e. The van der Waals surface area contributed by atoms with Gasteiger partial charge in [0.15, 0.2) is 5.43 Å². The first-order chi connectivity index (χ1) is 12.6. The van der Waals surface area contributed by atoms with Gasteiger partial charge in [-0.15, -0.1) is 0 Å². The first kappa shape index (κ1) is 16.3. The van der Waals surface area contributed by atoms with Gasteiger partial charge in [0.2, 0.25) is 0 Å². The summed E-state index contributed by atoms with van der Waals surface area (Å²) >= 11 is 0. The summed E-state index contributed by atoms with van der Waals surface area (Å²) in [6.45, 7) is 1.89. The van der Waals surface area contributed by atoms with Crippen molar-refractivity contribution in [1.29, 1.82) is 0 Å². The minimum absolute atomic E-state index is 0.148. The van der Waals surface area contributed by atoms with Crippen LogP contribution in [0.1, 0.15) is 34.9 Å². The molecular formula is C20H19N3O3. The summed E-state index contributed by atoms with van der Waals surface area (Å²) < 4.78 is 7.34. The van der Waals surface area contributed by atoms with Crippen molar-refractivity contribution in [3.63, 3.8) is 0 Å². The average molecular weight is 349 g/mol. The van der Waals surface area contributed by atoms with E-state index < -0.39 is 5.91 Å². The number of anilines is 1. The number of ether oxygens (including phenoxy) is 1. The van der Waals surface area contributed by atoms with Gasteiger partial charge >= 0.3 is 0 Å². The normalized spacial score (nSPS) is 13.6. The highest BCUT2D eigenvalue weighted by Crippen LogP contribution is 2.35. The van der Waals surface area contributed by atoms with Gasteiger partial charge in [-0.25, -0.2) is 0 Å². The number of aromatic nitrogens is 2. The van der Waals surface area contributed by atoms with E-state index in [1.54, 1.807) is 37.7 Å². The summed E-state index contributed by atoms with van der Waals surface area (Å²) in [6.07, 6.45) is 5.51. The number of rotatable bonds is 4. The van der Waals surface area contributed by atoms with E-state index in [1.165, 1.54) is 6.07 Å². The maximum absolute atomic E-state index is 12.8. The van der Waals surface area contributed by atoms with Crippen molar-refractivity contribution in [2.24, 2.45) is 0 Å². The number of carbonyl (C=O) groups is 1. The number of pyridine rings is 2. The van der Waals surface area contributed by atoms with Crippen LogP contribution in [0.15, 0.2) is 47.5 Å². The molecule has 0 radical (unpaired) electrons. The molecule has 1 aliphatic rings. The third-order valence-electron chi connectivity index (χ3n) is 4.67. The Kier molecular flexibility index (Phi) is 3.95. The molecule has 1 saturated carbocycles. The molecular weight excluding hydrogens is 330 g/mol. The molecule has 0 atom stereocenters. The van der Waals surface area contributed by atoms with Crippen LogP contribution in [0.2, 0.25) is 0 Å². The van der Waals surface area contributed by atoms with Crippen molar-refractivity contribution in [3.8, 4) is 5.75 Å². The van der Waals surface area contributed by atoms with Gasteiger partial charge in [-0.2, -0.15) is 0 Å². The number of hydrogen-bond donors (Lipinski definition) is 1. The van der Waals surface area contributed by atoms with Gasteiger partial charge in [-0.3, -0.25) is 14.6 Å². The first-order valence-corrected chi connectivity index (χ1v) is 8.54. The third-order valence-corrected chi connectivity index (χ3v) is 4.67. The van der Waals surface area contributed by atoms with Crippen molar-refractivity contribution in [2.75, 3.05) is 12.4 Å². The quantitative estimate of drug-likeness (QED) is 0.784. The Balaban J connectivity index is 1.72. The number of carbonyl (C=O) groups excluding carboxylic acids is 1. The van der Waals surface area contributed by atoms with E-state index in [4.69, 9.17) is 4.74 Å². The van der Waals surface area contributed by atoms with Crippen molar-refractivity contribution >= 4 is 22.5 Å². The second-order valence-corrected chi connectivity index (χ2v) is 6.50. The van der Waals surface area contributed by atoms with Crippen LogP contribution in [0, 0.1) is 6.92 Å². The van der Waals surface area contributed by atoms with Crippen LogP contribution in [0.5, 0.6) is 5.75 Å². The maximum atomic E-state index is 12.8. The molecule has 0 saturated heterocycles. The van der Waals surface area contributed by atoms with E-state index >= 15 is 0 Å². The van der Waals surface area contributed by atoms with Crippen LogP contribution in [0.4, 0.5) is 5.69 Å². The molecule has 1 aliphatic carbocycles. The number of nitrogens with one attached hydrogen (secondary N) is 1. The van der Waals surface area contributed by atoms with Gasteiger partial charge in [0.05, 0.1) is 12.8 Å². The van der Waals surface area contributed by atoms with Gasteiger partial charge < -0.3 is 14.6 Å². The summed E-state index contributed by atoms with van der Waals surface area (Å²) in [4.78, 5) is 29.4. The Morgan fingerprint density at radius 1 is 1.31 bits per heavy atom. The van der Waals surface area contributed by atoms with Crippen LogP contribution in [-0.2, 0) is 0 Å². The van der Waals surface area contributed by atoms with E-state index in [0.29, 0.717) is 23.0 Å². The van der Waals surface area contributed by atoms with Crippen molar-refractivity contribution in [3.05, 3.63) is 64.2 Å². The highest BCUT2D eigenvalue weighted by Gasteiger charge is 2.25. The van der Waals surface area contributed by atoms with Gasteiger partial charge in [0, 0.05) is 35.6 Å². The predicted octanol–water partition coefficient (Wildman–Crippen LogP) is 3.30. The van der Waals surface area contributed by atoms with Crippen LogP contribution in [0.3, 0.4) is 0 Å². The molecule has 26 heavy (non-hydrogen) atoms. The average Bonchev–Trinajstić information content (AvgIpc) is 3.47. The summed E-state index contributed by atoms with van der Waals surface area (Å²) in [5.41, 5.74) is 2.01.